The van der Waals surface area contributed by atoms with Gasteiger partial charge in [-0.3, -0.25) is 9.59 Å². The molecule has 0 saturated carbocycles. The number of pyridine rings is 1. The van der Waals surface area contributed by atoms with Gasteiger partial charge in [-0.25, -0.2) is 4.98 Å². The second-order valence-corrected chi connectivity index (χ2v) is 5.52. The van der Waals surface area contributed by atoms with E-state index in [9.17, 15) is 9.59 Å². The smallest absolute Gasteiger partial charge is 0.326 e. The van der Waals surface area contributed by atoms with Crippen LogP contribution in [0.2, 0.25) is 0 Å². The van der Waals surface area contributed by atoms with Gasteiger partial charge in [-0.1, -0.05) is 18.2 Å². The molecule has 6 heteroatoms. The average Bonchev–Trinajstić information content (AvgIpc) is 2.90. The van der Waals surface area contributed by atoms with E-state index in [0.717, 1.165) is 15.2 Å². The van der Waals surface area contributed by atoms with Crippen molar-refractivity contribution in [2.24, 2.45) is 0 Å². The van der Waals surface area contributed by atoms with Crippen molar-refractivity contribution in [1.29, 1.82) is 0 Å². The summed E-state index contributed by atoms with van der Waals surface area (Å²) in [4.78, 5) is 27.6. The molecule has 106 valence electrons. The van der Waals surface area contributed by atoms with Crippen LogP contribution in [0.4, 0.5) is 0 Å². The summed E-state index contributed by atoms with van der Waals surface area (Å²) in [6.45, 7) is 0.0321. The van der Waals surface area contributed by atoms with Crippen LogP contribution in [0.1, 0.15) is 5.01 Å². The highest BCUT2D eigenvalue weighted by atomic mass is 32.1. The Morgan fingerprint density at radius 3 is 2.81 bits per heavy atom. The minimum atomic E-state index is -0.456. The lowest BCUT2D eigenvalue weighted by Gasteiger charge is -2.04. The SMILES string of the molecule is O=C(Cn1ccccc1=O)OCc1nc2ccccc2s1. The molecule has 0 atom stereocenters. The van der Waals surface area contributed by atoms with Gasteiger partial charge in [-0.05, 0) is 18.2 Å². The Labute approximate surface area is 124 Å². The van der Waals surface area contributed by atoms with Gasteiger partial charge in [0.1, 0.15) is 18.2 Å². The van der Waals surface area contributed by atoms with Crippen molar-refractivity contribution in [2.75, 3.05) is 0 Å². The van der Waals surface area contributed by atoms with Crippen molar-refractivity contribution in [3.05, 3.63) is 64.0 Å². The number of para-hydroxylation sites is 1. The molecule has 0 amide bonds. The van der Waals surface area contributed by atoms with Crippen LogP contribution in [0, 0.1) is 0 Å². The normalized spacial score (nSPS) is 10.7. The minimum absolute atomic E-state index is 0.0927. The van der Waals surface area contributed by atoms with Crippen molar-refractivity contribution < 1.29 is 9.53 Å². The van der Waals surface area contributed by atoms with E-state index in [4.69, 9.17) is 4.74 Å². The van der Waals surface area contributed by atoms with E-state index in [1.165, 1.54) is 22.0 Å². The van der Waals surface area contributed by atoms with Crippen LogP contribution in [0.15, 0.2) is 53.5 Å². The molecule has 0 N–H and O–H groups in total. The lowest BCUT2D eigenvalue weighted by molar-refractivity contribution is -0.145. The number of aromatic nitrogens is 2. The molecule has 0 saturated heterocycles. The lowest BCUT2D eigenvalue weighted by atomic mass is 10.3. The van der Waals surface area contributed by atoms with E-state index in [1.807, 2.05) is 24.3 Å². The van der Waals surface area contributed by atoms with Gasteiger partial charge < -0.3 is 9.30 Å². The molecule has 3 rings (SSSR count). The lowest BCUT2D eigenvalue weighted by Crippen LogP contribution is -2.23. The number of fused-ring (bicyclic) bond motifs is 1. The molecule has 21 heavy (non-hydrogen) atoms. The highest BCUT2D eigenvalue weighted by Gasteiger charge is 2.08. The Balaban J connectivity index is 1.63. The molecule has 3 aromatic rings. The van der Waals surface area contributed by atoms with Gasteiger partial charge in [0, 0.05) is 12.3 Å². The number of carbonyl (C=O) groups is 1. The zero-order valence-electron chi connectivity index (χ0n) is 11.1. The summed E-state index contributed by atoms with van der Waals surface area (Å²) in [6, 6.07) is 12.5. The standard InChI is InChI=1S/C15H12N2O3S/c18-14-7-3-4-8-17(14)9-15(19)20-10-13-16-11-5-1-2-6-12(11)21-13/h1-8H,9-10H2. The molecule has 5 nitrogen and oxygen atoms in total. The monoisotopic (exact) mass is 300 g/mol. The second-order valence-electron chi connectivity index (χ2n) is 4.40. The highest BCUT2D eigenvalue weighted by molar-refractivity contribution is 7.18. The summed E-state index contributed by atoms with van der Waals surface area (Å²) in [5.74, 6) is -0.456. The molecular formula is C15H12N2O3S. The van der Waals surface area contributed by atoms with Gasteiger partial charge >= 0.3 is 5.97 Å². The first-order valence-corrected chi connectivity index (χ1v) is 7.19. The molecule has 1 aromatic carbocycles. The van der Waals surface area contributed by atoms with Gasteiger partial charge in [-0.15, -0.1) is 11.3 Å². The third-order valence-corrected chi connectivity index (χ3v) is 3.90. The number of nitrogens with zero attached hydrogens (tertiary/aromatic N) is 2. The number of rotatable bonds is 4. The predicted octanol–water partition coefficient (Wildman–Crippen LogP) is 2.20. The molecule has 0 radical (unpaired) electrons. The molecule has 2 aromatic heterocycles. The van der Waals surface area contributed by atoms with Crippen molar-refractivity contribution in [3.8, 4) is 0 Å². The van der Waals surface area contributed by atoms with Gasteiger partial charge in [0.2, 0.25) is 0 Å². The van der Waals surface area contributed by atoms with Gasteiger partial charge in [0.15, 0.2) is 0 Å². The van der Waals surface area contributed by atoms with Gasteiger partial charge in [0.25, 0.3) is 5.56 Å². The van der Waals surface area contributed by atoms with E-state index >= 15 is 0 Å². The maximum absolute atomic E-state index is 11.7. The maximum Gasteiger partial charge on any atom is 0.326 e. The Kier molecular flexibility index (Phi) is 3.79. The minimum Gasteiger partial charge on any atom is -0.457 e. The van der Waals surface area contributed by atoms with Crippen molar-refractivity contribution >= 4 is 27.5 Å². The third-order valence-electron chi connectivity index (χ3n) is 2.89. The summed E-state index contributed by atoms with van der Waals surface area (Å²) in [5.41, 5.74) is 0.669. The van der Waals surface area contributed by atoms with Crippen molar-refractivity contribution in [2.45, 2.75) is 13.2 Å². The number of hydrogen-bond acceptors (Lipinski definition) is 5. The van der Waals surface area contributed by atoms with Crippen LogP contribution in [0.25, 0.3) is 10.2 Å². The summed E-state index contributed by atoms with van der Waals surface area (Å²) >= 11 is 1.49. The summed E-state index contributed by atoms with van der Waals surface area (Å²) in [6.07, 6.45) is 1.56. The zero-order valence-corrected chi connectivity index (χ0v) is 11.9. The average molecular weight is 300 g/mol. The third kappa shape index (κ3) is 3.17. The van der Waals surface area contributed by atoms with E-state index in [-0.39, 0.29) is 18.7 Å². The quantitative estimate of drug-likeness (QED) is 0.693. The number of carbonyl (C=O) groups excluding carboxylic acids is 1. The molecule has 0 unspecified atom stereocenters. The first-order chi connectivity index (χ1) is 10.2. The first kappa shape index (κ1) is 13.5. The van der Waals surface area contributed by atoms with E-state index in [0.29, 0.717) is 0 Å². The number of esters is 1. The Hall–Kier alpha value is -2.47. The number of thiazole rings is 1. The fourth-order valence-corrected chi connectivity index (χ4v) is 2.78. The van der Waals surface area contributed by atoms with Crippen molar-refractivity contribution in [1.82, 2.24) is 9.55 Å². The fourth-order valence-electron chi connectivity index (χ4n) is 1.90. The van der Waals surface area contributed by atoms with Crippen LogP contribution in [-0.2, 0) is 22.7 Å². The fraction of sp³-hybridized carbons (Fsp3) is 0.133. The molecule has 0 aliphatic carbocycles. The first-order valence-electron chi connectivity index (χ1n) is 6.38. The second kappa shape index (κ2) is 5.88. The molecular weight excluding hydrogens is 288 g/mol. The van der Waals surface area contributed by atoms with Gasteiger partial charge in [0.05, 0.1) is 10.2 Å². The summed E-state index contributed by atoms with van der Waals surface area (Å²) < 4.78 is 7.53. The molecule has 0 aliphatic heterocycles. The Morgan fingerprint density at radius 2 is 2.00 bits per heavy atom. The van der Waals surface area contributed by atoms with Crippen LogP contribution < -0.4 is 5.56 Å². The molecule has 0 fully saturated rings. The van der Waals surface area contributed by atoms with E-state index < -0.39 is 5.97 Å². The highest BCUT2D eigenvalue weighted by Crippen LogP contribution is 2.21. The number of ether oxygens (including phenoxy) is 1. The van der Waals surface area contributed by atoms with Crippen LogP contribution in [-0.4, -0.2) is 15.5 Å². The Bertz CT molecular complexity index is 805. The van der Waals surface area contributed by atoms with E-state index in [1.54, 1.807) is 18.3 Å². The zero-order chi connectivity index (χ0) is 14.7. The van der Waals surface area contributed by atoms with E-state index in [2.05, 4.69) is 4.98 Å². The largest absolute Gasteiger partial charge is 0.457 e. The van der Waals surface area contributed by atoms with Crippen molar-refractivity contribution in [3.63, 3.8) is 0 Å². The maximum atomic E-state index is 11.7. The molecule has 0 spiro atoms. The Morgan fingerprint density at radius 1 is 1.19 bits per heavy atom. The van der Waals surface area contributed by atoms with Crippen LogP contribution in [0.5, 0.6) is 0 Å². The topological polar surface area (TPSA) is 61.2 Å². The summed E-state index contributed by atoms with van der Waals surface area (Å²) in [5, 5.41) is 0.741. The number of benzene rings is 1. The van der Waals surface area contributed by atoms with Crippen LogP contribution in [0.3, 0.4) is 0 Å². The predicted molar refractivity (Wildman–Crippen MR) is 80.1 cm³/mol. The summed E-state index contributed by atoms with van der Waals surface area (Å²) in [7, 11) is 0. The molecule has 0 aliphatic rings. The van der Waals surface area contributed by atoms with Gasteiger partial charge in [-0.2, -0.15) is 0 Å². The molecule has 2 heterocycles. The molecule has 0 bridgehead atoms. The van der Waals surface area contributed by atoms with Crippen LogP contribution >= 0.6 is 11.3 Å². The number of hydrogen-bond donors (Lipinski definition) is 0.